The maximum Gasteiger partial charge on any atom is 0.130 e. The van der Waals surface area contributed by atoms with Gasteiger partial charge in [0.25, 0.3) is 0 Å². The molecule has 2 rings (SSSR count). The van der Waals surface area contributed by atoms with E-state index in [4.69, 9.17) is 9.15 Å². The summed E-state index contributed by atoms with van der Waals surface area (Å²) in [4.78, 5) is 0. The van der Waals surface area contributed by atoms with Crippen LogP contribution in [0.4, 0.5) is 0 Å². The van der Waals surface area contributed by atoms with E-state index in [-0.39, 0.29) is 5.54 Å². The molecule has 0 bridgehead atoms. The van der Waals surface area contributed by atoms with E-state index in [1.165, 1.54) is 31.2 Å². The second-order valence-corrected chi connectivity index (χ2v) is 7.06. The van der Waals surface area contributed by atoms with Crippen LogP contribution >= 0.6 is 0 Å². The van der Waals surface area contributed by atoms with Gasteiger partial charge in [0.2, 0.25) is 0 Å². The average molecular weight is 279 g/mol. The van der Waals surface area contributed by atoms with E-state index in [9.17, 15) is 0 Å². The highest BCUT2D eigenvalue weighted by Crippen LogP contribution is 2.29. The van der Waals surface area contributed by atoms with Crippen LogP contribution in [0.15, 0.2) is 10.5 Å². The molecule has 20 heavy (non-hydrogen) atoms. The van der Waals surface area contributed by atoms with Gasteiger partial charge in [-0.05, 0) is 51.7 Å². The van der Waals surface area contributed by atoms with Gasteiger partial charge in [-0.1, -0.05) is 19.3 Å². The Morgan fingerprint density at radius 2 is 2.10 bits per heavy atom. The lowest BCUT2D eigenvalue weighted by molar-refractivity contribution is 0.0828. The number of aryl methyl sites for hydroxylation is 1. The Labute approximate surface area is 123 Å². The van der Waals surface area contributed by atoms with Crippen LogP contribution in [0.25, 0.3) is 0 Å². The number of hydrogen-bond acceptors (Lipinski definition) is 3. The molecule has 0 aliphatic heterocycles. The van der Waals surface area contributed by atoms with Crippen LogP contribution in [0, 0.1) is 12.8 Å². The summed E-state index contributed by atoms with van der Waals surface area (Å²) in [6.07, 6.45) is 5.40. The van der Waals surface area contributed by atoms with E-state index in [0.29, 0.717) is 6.61 Å². The molecule has 1 aromatic rings. The molecule has 0 atom stereocenters. The summed E-state index contributed by atoms with van der Waals surface area (Å²) in [5, 5.41) is 3.46. The van der Waals surface area contributed by atoms with Crippen LogP contribution < -0.4 is 5.32 Å². The molecule has 0 aromatic carbocycles. The smallest absolute Gasteiger partial charge is 0.130 e. The fourth-order valence-corrected chi connectivity index (χ4v) is 2.39. The number of nitrogens with one attached hydrogen (secondary N) is 1. The van der Waals surface area contributed by atoms with Crippen LogP contribution in [0.1, 0.15) is 63.5 Å². The fourth-order valence-electron chi connectivity index (χ4n) is 2.39. The maximum atomic E-state index is 5.87. The number of furan rings is 1. The number of hydrogen-bond donors (Lipinski definition) is 1. The molecule has 1 N–H and O–H groups in total. The van der Waals surface area contributed by atoms with E-state index in [1.54, 1.807) is 0 Å². The maximum absolute atomic E-state index is 5.87. The number of rotatable bonds is 7. The molecule has 1 heterocycles. The first-order chi connectivity index (χ1) is 9.44. The summed E-state index contributed by atoms with van der Waals surface area (Å²) in [5.41, 5.74) is 1.32. The van der Waals surface area contributed by atoms with Gasteiger partial charge in [0.1, 0.15) is 18.1 Å². The first-order valence-electron chi connectivity index (χ1n) is 7.85. The van der Waals surface area contributed by atoms with Gasteiger partial charge in [-0.15, -0.1) is 0 Å². The molecular formula is C17H29NO2. The topological polar surface area (TPSA) is 34.4 Å². The van der Waals surface area contributed by atoms with Crippen LogP contribution in [0.3, 0.4) is 0 Å². The quantitative estimate of drug-likeness (QED) is 0.760. The summed E-state index contributed by atoms with van der Waals surface area (Å²) in [5.74, 6) is 2.89. The Balaban J connectivity index is 1.71. The lowest BCUT2D eigenvalue weighted by Crippen LogP contribution is -2.35. The Morgan fingerprint density at radius 3 is 2.70 bits per heavy atom. The first kappa shape index (κ1) is 15.6. The Hall–Kier alpha value is -0.800. The molecule has 1 aliphatic rings. The minimum atomic E-state index is 0.110. The molecule has 1 saturated carbocycles. The second-order valence-electron chi connectivity index (χ2n) is 7.06. The molecule has 0 spiro atoms. The van der Waals surface area contributed by atoms with Crippen molar-refractivity contribution in [3.63, 3.8) is 0 Å². The molecule has 3 nitrogen and oxygen atoms in total. The first-order valence-corrected chi connectivity index (χ1v) is 7.85. The van der Waals surface area contributed by atoms with E-state index in [2.05, 4.69) is 39.1 Å². The van der Waals surface area contributed by atoms with Gasteiger partial charge in [0, 0.05) is 12.1 Å². The largest absolute Gasteiger partial charge is 0.462 e. The van der Waals surface area contributed by atoms with Crippen molar-refractivity contribution >= 4 is 0 Å². The summed E-state index contributed by atoms with van der Waals surface area (Å²) in [7, 11) is 0. The third-order valence-corrected chi connectivity index (χ3v) is 3.99. The molecule has 114 valence electrons. The minimum absolute atomic E-state index is 0.110. The zero-order valence-electron chi connectivity index (χ0n) is 13.4. The van der Waals surface area contributed by atoms with E-state index >= 15 is 0 Å². The molecule has 0 unspecified atom stereocenters. The van der Waals surface area contributed by atoms with Crippen LogP contribution in [-0.2, 0) is 17.9 Å². The van der Waals surface area contributed by atoms with Crippen LogP contribution in [0.5, 0.6) is 0 Å². The predicted octanol–water partition coefficient (Wildman–Crippen LogP) is 4.18. The monoisotopic (exact) mass is 279 g/mol. The normalized spacial score (nSPS) is 16.4. The van der Waals surface area contributed by atoms with Gasteiger partial charge < -0.3 is 14.5 Å². The van der Waals surface area contributed by atoms with Crippen LogP contribution in [0.2, 0.25) is 0 Å². The fraction of sp³-hybridized carbons (Fsp3) is 0.765. The van der Waals surface area contributed by atoms with E-state index < -0.39 is 0 Å². The lowest BCUT2D eigenvalue weighted by atomic mass is 9.83. The van der Waals surface area contributed by atoms with Crippen molar-refractivity contribution in [2.45, 2.75) is 72.1 Å². The molecule has 0 radical (unpaired) electrons. The van der Waals surface area contributed by atoms with Crippen molar-refractivity contribution in [2.75, 3.05) is 6.61 Å². The minimum Gasteiger partial charge on any atom is -0.462 e. The Morgan fingerprint density at radius 1 is 1.35 bits per heavy atom. The van der Waals surface area contributed by atoms with Crippen molar-refractivity contribution in [3.05, 3.63) is 23.2 Å². The van der Waals surface area contributed by atoms with Crippen LogP contribution in [-0.4, -0.2) is 12.1 Å². The third-order valence-electron chi connectivity index (χ3n) is 3.99. The zero-order chi connectivity index (χ0) is 14.6. The SMILES string of the molecule is Cc1cc(COCCC2CCC2)oc1CNC(C)(C)C. The summed E-state index contributed by atoms with van der Waals surface area (Å²) >= 11 is 0. The highest BCUT2D eigenvalue weighted by atomic mass is 16.5. The van der Waals surface area contributed by atoms with Crippen molar-refractivity contribution in [3.8, 4) is 0 Å². The predicted molar refractivity (Wildman–Crippen MR) is 81.7 cm³/mol. The van der Waals surface area contributed by atoms with Gasteiger partial charge >= 0.3 is 0 Å². The summed E-state index contributed by atoms with van der Waals surface area (Å²) in [6.45, 7) is 10.8. The van der Waals surface area contributed by atoms with Gasteiger partial charge in [-0.25, -0.2) is 0 Å². The third kappa shape index (κ3) is 4.95. The zero-order valence-corrected chi connectivity index (χ0v) is 13.4. The highest BCUT2D eigenvalue weighted by molar-refractivity contribution is 5.19. The molecule has 0 saturated heterocycles. The highest BCUT2D eigenvalue weighted by Gasteiger charge is 2.17. The standard InChI is InChI=1S/C17H29NO2/c1-13-10-15(12-19-9-8-14-6-5-7-14)20-16(13)11-18-17(2,3)4/h10,14,18H,5-9,11-12H2,1-4H3. The van der Waals surface area contributed by atoms with E-state index in [0.717, 1.165) is 30.6 Å². The Bertz CT molecular complexity index is 413. The number of ether oxygens (including phenoxy) is 1. The van der Waals surface area contributed by atoms with Gasteiger partial charge in [-0.2, -0.15) is 0 Å². The van der Waals surface area contributed by atoms with E-state index in [1.807, 2.05) is 0 Å². The van der Waals surface area contributed by atoms with Crippen molar-refractivity contribution in [1.29, 1.82) is 0 Å². The molecule has 1 aromatic heterocycles. The lowest BCUT2D eigenvalue weighted by Gasteiger charge is -2.24. The van der Waals surface area contributed by atoms with Crippen molar-refractivity contribution in [1.82, 2.24) is 5.32 Å². The van der Waals surface area contributed by atoms with Gasteiger partial charge in [0.05, 0.1) is 6.54 Å². The second kappa shape index (κ2) is 6.77. The molecule has 0 amide bonds. The Kier molecular flexibility index (Phi) is 5.28. The summed E-state index contributed by atoms with van der Waals surface area (Å²) in [6, 6.07) is 2.10. The molecule has 1 aliphatic carbocycles. The molecule has 1 fully saturated rings. The van der Waals surface area contributed by atoms with Gasteiger partial charge in [0.15, 0.2) is 0 Å². The molecule has 3 heteroatoms. The van der Waals surface area contributed by atoms with Crippen molar-refractivity contribution in [2.24, 2.45) is 5.92 Å². The molecular weight excluding hydrogens is 250 g/mol. The van der Waals surface area contributed by atoms with Gasteiger partial charge in [-0.3, -0.25) is 0 Å². The summed E-state index contributed by atoms with van der Waals surface area (Å²) < 4.78 is 11.6. The van der Waals surface area contributed by atoms with Crippen molar-refractivity contribution < 1.29 is 9.15 Å². The average Bonchev–Trinajstić information content (AvgIpc) is 2.64.